The highest BCUT2D eigenvalue weighted by Gasteiger charge is 2.30. The first kappa shape index (κ1) is 13.9. The maximum atomic E-state index is 12.4. The highest BCUT2D eigenvalue weighted by Crippen LogP contribution is 2.24. The van der Waals surface area contributed by atoms with E-state index >= 15 is 0 Å². The van der Waals surface area contributed by atoms with Crippen molar-refractivity contribution in [2.24, 2.45) is 0 Å². The molecule has 1 aromatic heterocycles. The van der Waals surface area contributed by atoms with Gasteiger partial charge in [-0.3, -0.25) is 4.79 Å². The van der Waals surface area contributed by atoms with Crippen molar-refractivity contribution in [1.29, 1.82) is 0 Å². The topological polar surface area (TPSA) is 80.1 Å². The average molecular weight is 287 g/mol. The first-order valence-corrected chi connectivity index (χ1v) is 7.26. The van der Waals surface area contributed by atoms with Crippen LogP contribution < -0.4 is 11.1 Å². The van der Waals surface area contributed by atoms with Gasteiger partial charge in [0.15, 0.2) is 0 Å². The normalized spacial score (nSPS) is 21.3. The number of anilines is 1. The zero-order chi connectivity index (χ0) is 15.0. The molecule has 21 heavy (non-hydrogen) atoms. The number of ether oxygens (including phenoxy) is 1. The van der Waals surface area contributed by atoms with E-state index < -0.39 is 0 Å². The maximum absolute atomic E-state index is 12.4. The van der Waals surface area contributed by atoms with E-state index in [9.17, 15) is 4.79 Å². The van der Waals surface area contributed by atoms with Crippen molar-refractivity contribution in [2.45, 2.75) is 38.3 Å². The van der Waals surface area contributed by atoms with Crippen molar-refractivity contribution in [3.05, 3.63) is 30.0 Å². The molecule has 0 radical (unpaired) electrons. The average Bonchev–Trinajstić information content (AvgIpc) is 2.80. The molecule has 0 bridgehead atoms. The molecule has 5 heteroatoms. The molecule has 5 nitrogen and oxygen atoms in total. The summed E-state index contributed by atoms with van der Waals surface area (Å²) in [6, 6.07) is 7.56. The summed E-state index contributed by atoms with van der Waals surface area (Å²) in [4.78, 5) is 15.5. The Hall–Kier alpha value is -2.01. The number of amides is 1. The lowest BCUT2D eigenvalue weighted by molar-refractivity contribution is -0.0615. The van der Waals surface area contributed by atoms with Crippen LogP contribution in [0.25, 0.3) is 10.9 Å². The predicted octanol–water partition coefficient (Wildman–Crippen LogP) is 2.44. The molecule has 1 unspecified atom stereocenters. The van der Waals surface area contributed by atoms with Crippen LogP contribution in [0, 0.1) is 0 Å². The summed E-state index contributed by atoms with van der Waals surface area (Å²) in [7, 11) is 0. The third kappa shape index (κ3) is 3.03. The number of nitrogen functional groups attached to an aromatic ring is 1. The number of hydrogen-bond donors (Lipinski definition) is 3. The first-order valence-electron chi connectivity index (χ1n) is 7.26. The summed E-state index contributed by atoms with van der Waals surface area (Å²) >= 11 is 0. The van der Waals surface area contributed by atoms with E-state index in [4.69, 9.17) is 10.5 Å². The van der Waals surface area contributed by atoms with Crippen LogP contribution in [0.5, 0.6) is 0 Å². The molecule has 0 spiro atoms. The zero-order valence-corrected chi connectivity index (χ0v) is 12.4. The molecule has 3 rings (SSSR count). The molecule has 2 aromatic rings. The minimum Gasteiger partial charge on any atom is -0.399 e. The van der Waals surface area contributed by atoms with Crippen LogP contribution in [0.15, 0.2) is 24.3 Å². The van der Waals surface area contributed by atoms with E-state index in [1.165, 1.54) is 0 Å². The highest BCUT2D eigenvalue weighted by atomic mass is 16.5. The minimum atomic E-state index is -0.175. The van der Waals surface area contributed by atoms with Gasteiger partial charge in [-0.2, -0.15) is 0 Å². The quantitative estimate of drug-likeness (QED) is 0.742. The Bertz CT molecular complexity index is 675. The molecule has 112 valence electrons. The monoisotopic (exact) mass is 287 g/mol. The Morgan fingerprint density at radius 1 is 1.43 bits per heavy atom. The number of aromatic amines is 1. The van der Waals surface area contributed by atoms with Crippen LogP contribution in [0.2, 0.25) is 0 Å². The second-order valence-electron chi connectivity index (χ2n) is 6.30. The summed E-state index contributed by atoms with van der Waals surface area (Å²) in [6.07, 6.45) is 1.67. The largest absolute Gasteiger partial charge is 0.399 e. The second-order valence-corrected chi connectivity index (χ2v) is 6.30. The fourth-order valence-electron chi connectivity index (χ4n) is 2.89. The summed E-state index contributed by atoms with van der Waals surface area (Å²) in [5.41, 5.74) is 7.77. The molecule has 2 heterocycles. The summed E-state index contributed by atoms with van der Waals surface area (Å²) < 4.78 is 5.67. The number of hydrogen-bond acceptors (Lipinski definition) is 3. The van der Waals surface area contributed by atoms with Crippen molar-refractivity contribution in [2.75, 3.05) is 12.3 Å². The van der Waals surface area contributed by atoms with Gasteiger partial charge in [0.1, 0.15) is 5.69 Å². The van der Waals surface area contributed by atoms with Gasteiger partial charge in [0.2, 0.25) is 0 Å². The van der Waals surface area contributed by atoms with E-state index in [0.717, 1.165) is 23.7 Å². The maximum Gasteiger partial charge on any atom is 0.267 e. The molecule has 1 amide bonds. The fraction of sp³-hybridized carbons (Fsp3) is 0.438. The third-order valence-electron chi connectivity index (χ3n) is 3.92. The van der Waals surface area contributed by atoms with Gasteiger partial charge < -0.3 is 20.8 Å². The Morgan fingerprint density at radius 2 is 2.24 bits per heavy atom. The number of H-pyrrole nitrogens is 1. The summed E-state index contributed by atoms with van der Waals surface area (Å²) in [5, 5.41) is 4.04. The van der Waals surface area contributed by atoms with Crippen LogP contribution in [0.3, 0.4) is 0 Å². The van der Waals surface area contributed by atoms with E-state index in [2.05, 4.69) is 24.1 Å². The lowest BCUT2D eigenvalue weighted by Crippen LogP contribution is -2.45. The Labute approximate surface area is 123 Å². The van der Waals surface area contributed by atoms with Gasteiger partial charge >= 0.3 is 0 Å². The molecular weight excluding hydrogens is 266 g/mol. The van der Waals surface area contributed by atoms with Gasteiger partial charge in [-0.1, -0.05) is 0 Å². The summed E-state index contributed by atoms with van der Waals surface area (Å²) in [6.45, 7) is 4.79. The first-order chi connectivity index (χ1) is 9.93. The third-order valence-corrected chi connectivity index (χ3v) is 3.92. The van der Waals surface area contributed by atoms with Crippen molar-refractivity contribution < 1.29 is 9.53 Å². The van der Waals surface area contributed by atoms with Crippen molar-refractivity contribution in [3.63, 3.8) is 0 Å². The van der Waals surface area contributed by atoms with Gasteiger partial charge in [0.25, 0.3) is 5.91 Å². The molecule has 1 fully saturated rings. The molecule has 0 saturated carbocycles. The number of rotatable bonds is 2. The van der Waals surface area contributed by atoms with E-state index in [0.29, 0.717) is 18.0 Å². The molecule has 1 aromatic carbocycles. The number of fused-ring (bicyclic) bond motifs is 1. The number of nitrogens with one attached hydrogen (secondary N) is 2. The van der Waals surface area contributed by atoms with Crippen LogP contribution in [0.4, 0.5) is 5.69 Å². The van der Waals surface area contributed by atoms with E-state index in [1.807, 2.05) is 24.3 Å². The van der Waals surface area contributed by atoms with Crippen molar-refractivity contribution in [3.8, 4) is 0 Å². The molecular formula is C16H21N3O2. The van der Waals surface area contributed by atoms with Gasteiger partial charge in [-0.05, 0) is 51.0 Å². The number of aromatic nitrogens is 1. The molecule has 1 aliphatic rings. The van der Waals surface area contributed by atoms with Crippen LogP contribution >= 0.6 is 0 Å². The Morgan fingerprint density at radius 3 is 3.00 bits per heavy atom. The molecule has 1 aliphatic heterocycles. The van der Waals surface area contributed by atoms with Crippen molar-refractivity contribution >= 4 is 22.5 Å². The number of carbonyl (C=O) groups is 1. The standard InChI is InChI=1S/C16H21N3O2/c1-16(2)9-12(5-6-21-16)18-15(20)14-8-10-7-11(17)3-4-13(10)19-14/h3-4,7-8,12,19H,5-6,9,17H2,1-2H3,(H,18,20). The molecule has 1 atom stereocenters. The zero-order valence-electron chi connectivity index (χ0n) is 12.4. The van der Waals surface area contributed by atoms with Gasteiger partial charge in [-0.25, -0.2) is 0 Å². The minimum absolute atomic E-state index is 0.0764. The van der Waals surface area contributed by atoms with Crippen molar-refractivity contribution in [1.82, 2.24) is 10.3 Å². The van der Waals surface area contributed by atoms with Crippen LogP contribution in [-0.4, -0.2) is 29.1 Å². The second kappa shape index (κ2) is 5.07. The van der Waals surface area contributed by atoms with Crippen LogP contribution in [0.1, 0.15) is 37.2 Å². The predicted molar refractivity (Wildman–Crippen MR) is 83.2 cm³/mol. The molecule has 1 saturated heterocycles. The van der Waals surface area contributed by atoms with E-state index in [1.54, 1.807) is 0 Å². The fourth-order valence-corrected chi connectivity index (χ4v) is 2.89. The Balaban J connectivity index is 1.74. The summed E-state index contributed by atoms with van der Waals surface area (Å²) in [5.74, 6) is -0.0764. The molecule has 4 N–H and O–H groups in total. The smallest absolute Gasteiger partial charge is 0.267 e. The molecule has 0 aliphatic carbocycles. The van der Waals surface area contributed by atoms with Crippen LogP contribution in [-0.2, 0) is 4.74 Å². The van der Waals surface area contributed by atoms with Gasteiger partial charge in [0, 0.05) is 29.2 Å². The lowest BCUT2D eigenvalue weighted by Gasteiger charge is -2.35. The number of nitrogens with two attached hydrogens (primary N) is 1. The number of carbonyl (C=O) groups excluding carboxylic acids is 1. The van der Waals surface area contributed by atoms with Gasteiger partial charge in [-0.15, -0.1) is 0 Å². The lowest BCUT2D eigenvalue weighted by atomic mass is 9.94. The SMILES string of the molecule is CC1(C)CC(NC(=O)c2cc3cc(N)ccc3[nH]2)CCO1. The number of benzene rings is 1. The van der Waals surface area contributed by atoms with E-state index in [-0.39, 0.29) is 17.6 Å². The highest BCUT2D eigenvalue weighted by molar-refractivity contribution is 5.98. The Kier molecular flexibility index (Phi) is 3.37. The van der Waals surface area contributed by atoms with Gasteiger partial charge in [0.05, 0.1) is 5.60 Å².